The first kappa shape index (κ1) is 30.2. The number of fused-ring (bicyclic) bond motifs is 1. The summed E-state index contributed by atoms with van der Waals surface area (Å²) in [5.74, 6) is 1.55. The van der Waals surface area contributed by atoms with Gasteiger partial charge >= 0.3 is 0 Å². The molecule has 1 aliphatic rings. The quantitative estimate of drug-likeness (QED) is 0.203. The number of ether oxygens (including phenoxy) is 2. The van der Waals surface area contributed by atoms with Crippen LogP contribution in [0.2, 0.25) is 10.0 Å². The highest BCUT2D eigenvalue weighted by Gasteiger charge is 2.19. The van der Waals surface area contributed by atoms with E-state index >= 15 is 0 Å². The molecule has 1 aromatic heterocycles. The fourth-order valence-corrected chi connectivity index (χ4v) is 5.84. The standard InChI is InChI=1S/C33H38Cl2N4O3/c1-41-31-11-5-10-27-28(33(40)36-23-25-12-13-29(34)30(35)22-25)24-39(32(27)31)17-7-16-37-14-6-15-38(19-18-37)20-21-42-26-8-3-2-4-9-26/h2-5,8-13,22,24H,6-7,14-21,23H2,1H3,(H,36,40). The highest BCUT2D eigenvalue weighted by atomic mass is 35.5. The molecule has 0 radical (unpaired) electrons. The van der Waals surface area contributed by atoms with E-state index in [1.807, 2.05) is 60.8 Å². The van der Waals surface area contributed by atoms with Gasteiger partial charge in [0.05, 0.1) is 28.2 Å². The van der Waals surface area contributed by atoms with Gasteiger partial charge in [-0.2, -0.15) is 0 Å². The number of halogens is 2. The highest BCUT2D eigenvalue weighted by Crippen LogP contribution is 2.30. The van der Waals surface area contributed by atoms with Crippen LogP contribution >= 0.6 is 23.2 Å². The number of benzene rings is 3. The zero-order valence-electron chi connectivity index (χ0n) is 24.0. The lowest BCUT2D eigenvalue weighted by molar-refractivity contribution is 0.0952. The van der Waals surface area contributed by atoms with E-state index in [2.05, 4.69) is 19.7 Å². The number of carbonyl (C=O) groups is 1. The predicted molar refractivity (Wildman–Crippen MR) is 170 cm³/mol. The minimum absolute atomic E-state index is 0.137. The number of hydrogen-bond donors (Lipinski definition) is 1. The van der Waals surface area contributed by atoms with Gasteiger partial charge < -0.3 is 24.3 Å². The summed E-state index contributed by atoms with van der Waals surface area (Å²) in [6, 6.07) is 21.2. The molecule has 1 saturated heterocycles. The van der Waals surface area contributed by atoms with Gasteiger partial charge in [0.15, 0.2) is 0 Å². The van der Waals surface area contributed by atoms with Crippen LogP contribution in [0.3, 0.4) is 0 Å². The molecule has 1 amide bonds. The lowest BCUT2D eigenvalue weighted by Crippen LogP contribution is -2.33. The Hall–Kier alpha value is -3.23. The van der Waals surface area contributed by atoms with Gasteiger partial charge in [-0.25, -0.2) is 0 Å². The van der Waals surface area contributed by atoms with Crippen molar-refractivity contribution in [1.29, 1.82) is 0 Å². The van der Waals surface area contributed by atoms with Crippen LogP contribution < -0.4 is 14.8 Å². The van der Waals surface area contributed by atoms with Gasteiger partial charge in [-0.15, -0.1) is 0 Å². The van der Waals surface area contributed by atoms with Gasteiger partial charge in [-0.3, -0.25) is 9.69 Å². The van der Waals surface area contributed by atoms with Gasteiger partial charge in [-0.1, -0.05) is 59.6 Å². The van der Waals surface area contributed by atoms with E-state index in [1.165, 1.54) is 0 Å². The van der Waals surface area contributed by atoms with Crippen LogP contribution in [0.1, 0.15) is 28.8 Å². The SMILES string of the molecule is COc1cccc2c(C(=O)NCc3ccc(Cl)c(Cl)c3)cn(CCCN3CCCN(CCOc4ccccc4)CC3)c12. The Balaban J connectivity index is 1.16. The smallest absolute Gasteiger partial charge is 0.253 e. The molecule has 9 heteroatoms. The molecule has 0 atom stereocenters. The summed E-state index contributed by atoms with van der Waals surface area (Å²) < 4.78 is 13.8. The second-order valence-electron chi connectivity index (χ2n) is 10.6. The molecule has 0 spiro atoms. The number of amides is 1. The van der Waals surface area contributed by atoms with Crippen LogP contribution in [0.4, 0.5) is 0 Å². The second kappa shape index (κ2) is 14.8. The molecule has 7 nitrogen and oxygen atoms in total. The molecule has 5 rings (SSSR count). The van der Waals surface area contributed by atoms with Crippen LogP contribution in [0.5, 0.6) is 11.5 Å². The van der Waals surface area contributed by atoms with Crippen molar-refractivity contribution >= 4 is 40.0 Å². The first-order valence-corrected chi connectivity index (χ1v) is 15.3. The molecule has 0 aliphatic carbocycles. The van der Waals surface area contributed by atoms with Crippen molar-refractivity contribution in [1.82, 2.24) is 19.7 Å². The molecular formula is C33H38Cl2N4O3. The number of aromatic nitrogens is 1. The van der Waals surface area contributed by atoms with Crippen molar-refractivity contribution in [3.8, 4) is 11.5 Å². The molecular weight excluding hydrogens is 571 g/mol. The van der Waals surface area contributed by atoms with Crippen molar-refractivity contribution in [3.05, 3.63) is 94.1 Å². The number of carbonyl (C=O) groups excluding carboxylic acids is 1. The number of methoxy groups -OCH3 is 1. The Bertz CT molecular complexity index is 1480. The monoisotopic (exact) mass is 608 g/mol. The summed E-state index contributed by atoms with van der Waals surface area (Å²) >= 11 is 12.2. The molecule has 1 aliphatic heterocycles. The summed E-state index contributed by atoms with van der Waals surface area (Å²) in [6.45, 7) is 8.07. The van der Waals surface area contributed by atoms with E-state index in [0.29, 0.717) is 28.8 Å². The van der Waals surface area contributed by atoms with E-state index in [0.717, 1.165) is 86.6 Å². The molecule has 3 aromatic carbocycles. The number of nitrogens with one attached hydrogen (secondary N) is 1. The first-order chi connectivity index (χ1) is 20.5. The summed E-state index contributed by atoms with van der Waals surface area (Å²) in [7, 11) is 1.67. The van der Waals surface area contributed by atoms with Crippen LogP contribution in [0.25, 0.3) is 10.9 Å². The number of nitrogens with zero attached hydrogens (tertiary/aromatic N) is 3. The van der Waals surface area contributed by atoms with Crippen LogP contribution in [-0.2, 0) is 13.1 Å². The van der Waals surface area contributed by atoms with Crippen molar-refractivity contribution < 1.29 is 14.3 Å². The molecule has 2 heterocycles. The zero-order chi connectivity index (χ0) is 29.3. The number of hydrogen-bond acceptors (Lipinski definition) is 5. The summed E-state index contributed by atoms with van der Waals surface area (Å²) in [5.41, 5.74) is 2.46. The molecule has 42 heavy (non-hydrogen) atoms. The van der Waals surface area contributed by atoms with E-state index in [1.54, 1.807) is 19.2 Å². The average molecular weight is 610 g/mol. The molecule has 0 unspecified atom stereocenters. The maximum Gasteiger partial charge on any atom is 0.253 e. The van der Waals surface area contributed by atoms with Gasteiger partial charge in [0, 0.05) is 44.3 Å². The topological polar surface area (TPSA) is 59.0 Å². The fourth-order valence-electron chi connectivity index (χ4n) is 5.52. The van der Waals surface area contributed by atoms with Crippen LogP contribution in [0, 0.1) is 0 Å². The second-order valence-corrected chi connectivity index (χ2v) is 11.4. The van der Waals surface area contributed by atoms with Gasteiger partial charge in [0.2, 0.25) is 0 Å². The van der Waals surface area contributed by atoms with Crippen molar-refractivity contribution in [2.45, 2.75) is 25.9 Å². The molecule has 0 saturated carbocycles. The maximum atomic E-state index is 13.3. The van der Waals surface area contributed by atoms with E-state index < -0.39 is 0 Å². The van der Waals surface area contributed by atoms with Gasteiger partial charge in [-0.05, 0) is 68.4 Å². The maximum absolute atomic E-state index is 13.3. The lowest BCUT2D eigenvalue weighted by atomic mass is 10.1. The fraction of sp³-hybridized carbons (Fsp3) is 0.364. The summed E-state index contributed by atoms with van der Waals surface area (Å²) in [4.78, 5) is 18.3. The zero-order valence-corrected chi connectivity index (χ0v) is 25.5. The van der Waals surface area contributed by atoms with Crippen LogP contribution in [0.15, 0.2) is 72.9 Å². The third kappa shape index (κ3) is 7.78. The third-order valence-electron chi connectivity index (χ3n) is 7.74. The molecule has 0 bridgehead atoms. The van der Waals surface area contributed by atoms with Crippen molar-refractivity contribution in [3.63, 3.8) is 0 Å². The largest absolute Gasteiger partial charge is 0.495 e. The highest BCUT2D eigenvalue weighted by molar-refractivity contribution is 6.42. The van der Waals surface area contributed by atoms with Crippen molar-refractivity contribution in [2.24, 2.45) is 0 Å². The number of rotatable bonds is 12. The van der Waals surface area contributed by atoms with E-state index in [9.17, 15) is 4.79 Å². The minimum Gasteiger partial charge on any atom is -0.495 e. The summed E-state index contributed by atoms with van der Waals surface area (Å²) in [6.07, 6.45) is 4.08. The molecule has 1 N–H and O–H groups in total. The Morgan fingerprint density at radius 1 is 0.881 bits per heavy atom. The average Bonchev–Trinajstić information content (AvgIpc) is 3.23. The molecule has 4 aromatic rings. The number of para-hydroxylation sites is 2. The molecule has 222 valence electrons. The van der Waals surface area contributed by atoms with Crippen molar-refractivity contribution in [2.75, 3.05) is 53.0 Å². The van der Waals surface area contributed by atoms with Crippen LogP contribution in [-0.4, -0.2) is 73.3 Å². The third-order valence-corrected chi connectivity index (χ3v) is 8.48. The molecule has 1 fully saturated rings. The predicted octanol–water partition coefficient (Wildman–Crippen LogP) is 6.36. The Morgan fingerprint density at radius 3 is 2.43 bits per heavy atom. The normalized spacial score (nSPS) is 14.5. The Kier molecular flexibility index (Phi) is 10.6. The van der Waals surface area contributed by atoms with Gasteiger partial charge in [0.1, 0.15) is 18.1 Å². The summed E-state index contributed by atoms with van der Waals surface area (Å²) in [5, 5.41) is 4.87. The van der Waals surface area contributed by atoms with E-state index in [-0.39, 0.29) is 5.91 Å². The van der Waals surface area contributed by atoms with E-state index in [4.69, 9.17) is 32.7 Å². The Morgan fingerprint density at radius 2 is 1.67 bits per heavy atom. The van der Waals surface area contributed by atoms with Gasteiger partial charge in [0.25, 0.3) is 5.91 Å². The number of aryl methyl sites for hydroxylation is 1. The lowest BCUT2D eigenvalue weighted by Gasteiger charge is -2.22. The minimum atomic E-state index is -0.137. The Labute approximate surface area is 257 Å². The first-order valence-electron chi connectivity index (χ1n) is 14.5.